The van der Waals surface area contributed by atoms with Crippen LogP contribution in [0, 0.1) is 0 Å². The number of hydrogen-bond donors (Lipinski definition) is 0. The van der Waals surface area contributed by atoms with Gasteiger partial charge in [0.15, 0.2) is 0 Å². The first-order valence-electron chi connectivity index (χ1n) is 8.28. The SMILES string of the molecule is CCOc1ccc2c(c1)CN(C(=O)c1cnc(-c3cccs3)s1)CC2. The molecule has 1 aliphatic rings. The first-order chi connectivity index (χ1) is 12.2. The van der Waals surface area contributed by atoms with Gasteiger partial charge in [-0.3, -0.25) is 4.79 Å². The van der Waals surface area contributed by atoms with E-state index < -0.39 is 0 Å². The van der Waals surface area contributed by atoms with Gasteiger partial charge in [-0.25, -0.2) is 4.98 Å². The van der Waals surface area contributed by atoms with Gasteiger partial charge in [0.25, 0.3) is 5.91 Å². The Morgan fingerprint density at radius 2 is 2.24 bits per heavy atom. The second-order valence-electron chi connectivity index (χ2n) is 5.85. The summed E-state index contributed by atoms with van der Waals surface area (Å²) in [5.41, 5.74) is 2.48. The Balaban J connectivity index is 1.53. The molecular weight excluding hydrogens is 352 g/mol. The summed E-state index contributed by atoms with van der Waals surface area (Å²) in [4.78, 5) is 21.0. The predicted octanol–water partition coefficient (Wildman–Crippen LogP) is 4.47. The zero-order valence-electron chi connectivity index (χ0n) is 13.9. The third-order valence-corrected chi connectivity index (χ3v) is 6.26. The standard InChI is InChI=1S/C19H18N2O2S2/c1-2-23-15-6-5-13-7-8-21(12-14(13)10-15)19(22)17-11-20-18(25-17)16-4-3-9-24-16/h3-6,9-11H,2,7-8,12H2,1H3. The number of fused-ring (bicyclic) bond motifs is 1. The number of aromatic nitrogens is 1. The van der Waals surface area contributed by atoms with E-state index in [-0.39, 0.29) is 5.91 Å². The van der Waals surface area contributed by atoms with Crippen molar-refractivity contribution in [2.24, 2.45) is 0 Å². The van der Waals surface area contributed by atoms with Gasteiger partial charge in [-0.1, -0.05) is 12.1 Å². The summed E-state index contributed by atoms with van der Waals surface area (Å²) in [5.74, 6) is 0.932. The normalized spacial score (nSPS) is 13.6. The molecule has 128 valence electrons. The molecular formula is C19H18N2O2S2. The first kappa shape index (κ1) is 16.3. The van der Waals surface area contributed by atoms with Crippen LogP contribution >= 0.6 is 22.7 Å². The number of thiazole rings is 1. The Hall–Kier alpha value is -2.18. The Bertz CT molecular complexity index is 887. The van der Waals surface area contributed by atoms with E-state index in [1.54, 1.807) is 17.5 Å². The van der Waals surface area contributed by atoms with Crippen molar-refractivity contribution in [1.82, 2.24) is 9.88 Å². The number of carbonyl (C=O) groups is 1. The molecule has 0 unspecified atom stereocenters. The van der Waals surface area contributed by atoms with Gasteiger partial charge < -0.3 is 9.64 Å². The van der Waals surface area contributed by atoms with E-state index in [9.17, 15) is 4.79 Å². The smallest absolute Gasteiger partial charge is 0.265 e. The molecule has 1 amide bonds. The Kier molecular flexibility index (Phi) is 4.55. The fourth-order valence-electron chi connectivity index (χ4n) is 3.01. The number of rotatable bonds is 4. The van der Waals surface area contributed by atoms with Crippen molar-refractivity contribution in [1.29, 1.82) is 0 Å². The Labute approximate surface area is 154 Å². The summed E-state index contributed by atoms with van der Waals surface area (Å²) in [6.45, 7) is 3.99. The number of hydrogen-bond acceptors (Lipinski definition) is 5. The molecule has 0 saturated heterocycles. The maximum absolute atomic E-state index is 12.9. The average molecular weight is 370 g/mol. The number of benzene rings is 1. The molecule has 3 aromatic rings. The molecule has 0 spiro atoms. The zero-order valence-corrected chi connectivity index (χ0v) is 15.5. The highest BCUT2D eigenvalue weighted by Crippen LogP contribution is 2.31. The van der Waals surface area contributed by atoms with E-state index in [1.807, 2.05) is 35.4 Å². The number of thiophene rings is 1. The molecule has 1 aromatic carbocycles. The maximum atomic E-state index is 12.9. The molecule has 3 heterocycles. The summed E-state index contributed by atoms with van der Waals surface area (Å²) in [6, 6.07) is 10.2. The van der Waals surface area contributed by atoms with E-state index in [1.165, 1.54) is 22.5 Å². The molecule has 0 radical (unpaired) electrons. The quantitative estimate of drug-likeness (QED) is 0.680. The van der Waals surface area contributed by atoms with Crippen LogP contribution in [-0.4, -0.2) is 28.9 Å². The van der Waals surface area contributed by atoms with Crippen LogP contribution in [0.15, 0.2) is 41.9 Å². The van der Waals surface area contributed by atoms with E-state index >= 15 is 0 Å². The van der Waals surface area contributed by atoms with Gasteiger partial charge in [0.05, 0.1) is 17.7 Å². The molecule has 0 bridgehead atoms. The lowest BCUT2D eigenvalue weighted by atomic mass is 9.99. The Morgan fingerprint density at radius 1 is 1.32 bits per heavy atom. The van der Waals surface area contributed by atoms with Crippen LogP contribution in [0.2, 0.25) is 0 Å². The second kappa shape index (κ2) is 6.98. The summed E-state index contributed by atoms with van der Waals surface area (Å²) in [5, 5.41) is 2.94. The number of ether oxygens (including phenoxy) is 1. The molecule has 6 heteroatoms. The molecule has 25 heavy (non-hydrogen) atoms. The molecule has 1 aliphatic heterocycles. The van der Waals surface area contributed by atoms with Crippen molar-refractivity contribution in [3.63, 3.8) is 0 Å². The predicted molar refractivity (Wildman–Crippen MR) is 101 cm³/mol. The topological polar surface area (TPSA) is 42.4 Å². The van der Waals surface area contributed by atoms with Gasteiger partial charge >= 0.3 is 0 Å². The number of nitrogens with zero attached hydrogens (tertiary/aromatic N) is 2. The summed E-state index contributed by atoms with van der Waals surface area (Å²) >= 11 is 3.11. The van der Waals surface area contributed by atoms with Crippen molar-refractivity contribution in [2.45, 2.75) is 19.9 Å². The van der Waals surface area contributed by atoms with Gasteiger partial charge in [0.1, 0.15) is 15.6 Å². The molecule has 0 fully saturated rings. The maximum Gasteiger partial charge on any atom is 0.265 e. The average Bonchev–Trinajstić information content (AvgIpc) is 3.32. The second-order valence-corrected chi connectivity index (χ2v) is 7.83. The van der Waals surface area contributed by atoms with Crippen LogP contribution in [-0.2, 0) is 13.0 Å². The largest absolute Gasteiger partial charge is 0.494 e. The van der Waals surface area contributed by atoms with Crippen molar-refractivity contribution >= 4 is 28.6 Å². The first-order valence-corrected chi connectivity index (χ1v) is 9.98. The molecule has 2 aromatic heterocycles. The van der Waals surface area contributed by atoms with E-state index in [2.05, 4.69) is 17.1 Å². The highest BCUT2D eigenvalue weighted by molar-refractivity contribution is 7.21. The van der Waals surface area contributed by atoms with Crippen LogP contribution in [0.5, 0.6) is 5.75 Å². The van der Waals surface area contributed by atoms with Crippen LogP contribution in [0.25, 0.3) is 9.88 Å². The molecule has 0 saturated carbocycles. The van der Waals surface area contributed by atoms with Crippen LogP contribution < -0.4 is 4.74 Å². The highest BCUT2D eigenvalue weighted by Gasteiger charge is 2.24. The van der Waals surface area contributed by atoms with Gasteiger partial charge in [-0.15, -0.1) is 22.7 Å². The van der Waals surface area contributed by atoms with Crippen molar-refractivity contribution in [3.8, 4) is 15.6 Å². The summed E-state index contributed by atoms with van der Waals surface area (Å²) in [6.07, 6.45) is 2.58. The third-order valence-electron chi connectivity index (χ3n) is 4.24. The van der Waals surface area contributed by atoms with E-state index in [4.69, 9.17) is 4.74 Å². The van der Waals surface area contributed by atoms with Crippen molar-refractivity contribution in [3.05, 3.63) is 57.9 Å². The van der Waals surface area contributed by atoms with Gasteiger partial charge in [-0.05, 0) is 48.1 Å². The van der Waals surface area contributed by atoms with E-state index in [0.29, 0.717) is 18.0 Å². The molecule has 0 aliphatic carbocycles. The summed E-state index contributed by atoms with van der Waals surface area (Å²) < 4.78 is 5.59. The molecule has 4 nitrogen and oxygen atoms in total. The lowest BCUT2D eigenvalue weighted by Gasteiger charge is -2.28. The van der Waals surface area contributed by atoms with Gasteiger partial charge in [-0.2, -0.15) is 0 Å². The lowest BCUT2D eigenvalue weighted by Crippen LogP contribution is -2.35. The third kappa shape index (κ3) is 3.32. The molecule has 4 rings (SSSR count). The lowest BCUT2D eigenvalue weighted by molar-refractivity contribution is 0.0739. The number of amides is 1. The fourth-order valence-corrected chi connectivity index (χ4v) is 4.69. The van der Waals surface area contributed by atoms with E-state index in [0.717, 1.165) is 28.6 Å². The molecule has 0 N–H and O–H groups in total. The monoisotopic (exact) mass is 370 g/mol. The number of carbonyl (C=O) groups excluding carboxylic acids is 1. The molecule has 0 atom stereocenters. The zero-order chi connectivity index (χ0) is 17.2. The van der Waals surface area contributed by atoms with Crippen molar-refractivity contribution in [2.75, 3.05) is 13.2 Å². The minimum absolute atomic E-state index is 0.0627. The van der Waals surface area contributed by atoms with Crippen molar-refractivity contribution < 1.29 is 9.53 Å². The van der Waals surface area contributed by atoms with Gasteiger partial charge in [0.2, 0.25) is 0 Å². The van der Waals surface area contributed by atoms with Crippen LogP contribution in [0.4, 0.5) is 0 Å². The highest BCUT2D eigenvalue weighted by atomic mass is 32.1. The van der Waals surface area contributed by atoms with Gasteiger partial charge in [0, 0.05) is 13.1 Å². The van der Waals surface area contributed by atoms with Crippen LogP contribution in [0.1, 0.15) is 27.7 Å². The minimum Gasteiger partial charge on any atom is -0.494 e. The Morgan fingerprint density at radius 3 is 3.04 bits per heavy atom. The fraction of sp³-hybridized carbons (Fsp3) is 0.263. The summed E-state index contributed by atoms with van der Waals surface area (Å²) in [7, 11) is 0. The van der Waals surface area contributed by atoms with Crippen LogP contribution in [0.3, 0.4) is 0 Å². The minimum atomic E-state index is 0.0627.